The molecule has 5 nitrogen and oxygen atoms in total. The molecule has 0 saturated carbocycles. The lowest BCUT2D eigenvalue weighted by Gasteiger charge is -2.07. The van der Waals surface area contributed by atoms with Gasteiger partial charge in [0.05, 0.1) is 11.4 Å². The summed E-state index contributed by atoms with van der Waals surface area (Å²) in [5.41, 5.74) is 9.10. The zero-order chi connectivity index (χ0) is 15.2. The zero-order valence-electron chi connectivity index (χ0n) is 13.0. The first-order valence-electron chi connectivity index (χ1n) is 7.24. The van der Waals surface area contributed by atoms with Gasteiger partial charge in [-0.05, 0) is 63.6 Å². The second kappa shape index (κ2) is 8.56. The molecule has 0 unspecified atom stereocenters. The van der Waals surface area contributed by atoms with Crippen molar-refractivity contribution in [3.05, 3.63) is 47.3 Å². The van der Waals surface area contributed by atoms with Gasteiger partial charge in [-0.15, -0.1) is 12.4 Å². The minimum absolute atomic E-state index is 0. The number of nitrogens with one attached hydrogen (secondary N) is 1. The number of unbranched alkanes of at least 4 members (excludes halogenated alkanes) is 1. The SMILES string of the molecule is Cc1cc(C)n(-c2ccc(C(=O)NCCCCN)cc2)n1.Cl. The lowest BCUT2D eigenvalue weighted by Crippen LogP contribution is -2.24. The van der Waals surface area contributed by atoms with Crippen LogP contribution in [-0.2, 0) is 0 Å². The van der Waals surface area contributed by atoms with Crippen molar-refractivity contribution >= 4 is 18.3 Å². The normalized spacial score (nSPS) is 10.1. The lowest BCUT2D eigenvalue weighted by molar-refractivity contribution is 0.0953. The number of amides is 1. The smallest absolute Gasteiger partial charge is 0.251 e. The summed E-state index contributed by atoms with van der Waals surface area (Å²) in [5, 5.41) is 7.32. The molecule has 0 radical (unpaired) electrons. The first-order chi connectivity index (χ1) is 10.1. The van der Waals surface area contributed by atoms with Crippen LogP contribution in [0.2, 0.25) is 0 Å². The monoisotopic (exact) mass is 322 g/mol. The number of rotatable bonds is 6. The summed E-state index contributed by atoms with van der Waals surface area (Å²) >= 11 is 0. The Labute approximate surface area is 137 Å². The molecular formula is C16H23ClN4O. The van der Waals surface area contributed by atoms with Crippen molar-refractivity contribution in [1.29, 1.82) is 0 Å². The van der Waals surface area contributed by atoms with E-state index in [0.29, 0.717) is 18.7 Å². The molecule has 6 heteroatoms. The fourth-order valence-electron chi connectivity index (χ4n) is 2.22. The van der Waals surface area contributed by atoms with Crippen molar-refractivity contribution in [2.24, 2.45) is 5.73 Å². The average Bonchev–Trinajstić information content (AvgIpc) is 2.82. The van der Waals surface area contributed by atoms with Crippen LogP contribution in [0, 0.1) is 13.8 Å². The van der Waals surface area contributed by atoms with E-state index < -0.39 is 0 Å². The fourth-order valence-corrected chi connectivity index (χ4v) is 2.22. The number of carbonyl (C=O) groups is 1. The first kappa shape index (κ1) is 18.2. The number of benzene rings is 1. The highest BCUT2D eigenvalue weighted by molar-refractivity contribution is 5.94. The van der Waals surface area contributed by atoms with Crippen LogP contribution < -0.4 is 11.1 Å². The predicted molar refractivity (Wildman–Crippen MR) is 90.9 cm³/mol. The van der Waals surface area contributed by atoms with Crippen molar-refractivity contribution in [1.82, 2.24) is 15.1 Å². The molecule has 1 aromatic heterocycles. The quantitative estimate of drug-likeness (QED) is 0.802. The Morgan fingerprint density at radius 3 is 2.45 bits per heavy atom. The van der Waals surface area contributed by atoms with E-state index in [-0.39, 0.29) is 18.3 Å². The molecule has 1 amide bonds. The molecule has 2 aromatic rings. The van der Waals surface area contributed by atoms with Crippen LogP contribution in [-0.4, -0.2) is 28.8 Å². The maximum absolute atomic E-state index is 12.0. The van der Waals surface area contributed by atoms with Gasteiger partial charge in [-0.3, -0.25) is 4.79 Å². The summed E-state index contributed by atoms with van der Waals surface area (Å²) in [6.07, 6.45) is 1.84. The standard InChI is InChI=1S/C16H22N4O.ClH/c1-12-11-13(2)20(19-12)15-7-5-14(6-8-15)16(21)18-10-4-3-9-17;/h5-8,11H,3-4,9-10,17H2,1-2H3,(H,18,21);1H. The molecule has 0 aliphatic heterocycles. The molecule has 120 valence electrons. The molecule has 22 heavy (non-hydrogen) atoms. The van der Waals surface area contributed by atoms with E-state index in [1.165, 1.54) is 0 Å². The molecule has 0 fully saturated rings. The van der Waals surface area contributed by atoms with Crippen molar-refractivity contribution in [2.75, 3.05) is 13.1 Å². The van der Waals surface area contributed by atoms with Crippen LogP contribution in [0.1, 0.15) is 34.6 Å². The number of nitrogens with zero attached hydrogens (tertiary/aromatic N) is 2. The molecule has 0 aliphatic carbocycles. The fraction of sp³-hybridized carbons (Fsp3) is 0.375. The van der Waals surface area contributed by atoms with E-state index in [0.717, 1.165) is 29.9 Å². The summed E-state index contributed by atoms with van der Waals surface area (Å²) in [6, 6.07) is 9.49. The Kier molecular flexibility index (Phi) is 7.08. The Bertz CT molecular complexity index is 607. The van der Waals surface area contributed by atoms with Crippen LogP contribution in [0.25, 0.3) is 5.69 Å². The minimum Gasteiger partial charge on any atom is -0.352 e. The molecule has 3 N–H and O–H groups in total. The minimum atomic E-state index is -0.0491. The third kappa shape index (κ3) is 4.58. The van der Waals surface area contributed by atoms with Gasteiger partial charge in [-0.25, -0.2) is 4.68 Å². The Hall–Kier alpha value is -1.85. The maximum Gasteiger partial charge on any atom is 0.251 e. The largest absolute Gasteiger partial charge is 0.352 e. The Morgan fingerprint density at radius 1 is 1.23 bits per heavy atom. The molecular weight excluding hydrogens is 300 g/mol. The van der Waals surface area contributed by atoms with Gasteiger partial charge in [0.15, 0.2) is 0 Å². The molecule has 1 heterocycles. The molecule has 0 aliphatic rings. The zero-order valence-corrected chi connectivity index (χ0v) is 13.8. The second-order valence-corrected chi connectivity index (χ2v) is 5.14. The lowest BCUT2D eigenvalue weighted by atomic mass is 10.2. The van der Waals surface area contributed by atoms with Crippen molar-refractivity contribution in [3.8, 4) is 5.69 Å². The van der Waals surface area contributed by atoms with Gasteiger partial charge >= 0.3 is 0 Å². The van der Waals surface area contributed by atoms with E-state index in [4.69, 9.17) is 5.73 Å². The number of aryl methyl sites for hydroxylation is 2. The van der Waals surface area contributed by atoms with Crippen molar-refractivity contribution in [3.63, 3.8) is 0 Å². The van der Waals surface area contributed by atoms with Gasteiger partial charge in [0.25, 0.3) is 5.91 Å². The van der Waals surface area contributed by atoms with Crippen LogP contribution in [0.15, 0.2) is 30.3 Å². The van der Waals surface area contributed by atoms with Crippen LogP contribution in [0.5, 0.6) is 0 Å². The number of carbonyl (C=O) groups excluding carboxylic acids is 1. The number of aromatic nitrogens is 2. The molecule has 2 rings (SSSR count). The first-order valence-corrected chi connectivity index (χ1v) is 7.24. The molecule has 1 aromatic carbocycles. The predicted octanol–water partition coefficient (Wildman–Crippen LogP) is 2.38. The highest BCUT2D eigenvalue weighted by Gasteiger charge is 2.07. The molecule has 0 spiro atoms. The Morgan fingerprint density at radius 2 is 1.91 bits per heavy atom. The van der Waals surface area contributed by atoms with Gasteiger partial charge in [-0.1, -0.05) is 0 Å². The van der Waals surface area contributed by atoms with Crippen molar-refractivity contribution in [2.45, 2.75) is 26.7 Å². The van der Waals surface area contributed by atoms with Crippen LogP contribution >= 0.6 is 12.4 Å². The number of halogens is 1. The maximum atomic E-state index is 12.0. The second-order valence-electron chi connectivity index (χ2n) is 5.14. The van der Waals surface area contributed by atoms with Gasteiger partial charge < -0.3 is 11.1 Å². The highest BCUT2D eigenvalue weighted by Crippen LogP contribution is 2.13. The van der Waals surface area contributed by atoms with Gasteiger partial charge in [-0.2, -0.15) is 5.10 Å². The third-order valence-electron chi connectivity index (χ3n) is 3.30. The van der Waals surface area contributed by atoms with E-state index in [2.05, 4.69) is 10.4 Å². The highest BCUT2D eigenvalue weighted by atomic mass is 35.5. The Balaban J connectivity index is 0.00000242. The average molecular weight is 323 g/mol. The summed E-state index contributed by atoms with van der Waals surface area (Å²) in [4.78, 5) is 12.0. The third-order valence-corrected chi connectivity index (χ3v) is 3.30. The number of hydrogen-bond acceptors (Lipinski definition) is 3. The summed E-state index contributed by atoms with van der Waals surface area (Å²) in [6.45, 7) is 5.30. The van der Waals surface area contributed by atoms with Crippen LogP contribution in [0.4, 0.5) is 0 Å². The van der Waals surface area contributed by atoms with Gasteiger partial charge in [0.1, 0.15) is 0 Å². The van der Waals surface area contributed by atoms with Crippen LogP contribution in [0.3, 0.4) is 0 Å². The topological polar surface area (TPSA) is 72.9 Å². The van der Waals surface area contributed by atoms with Gasteiger partial charge in [0.2, 0.25) is 0 Å². The van der Waals surface area contributed by atoms with Crippen molar-refractivity contribution < 1.29 is 4.79 Å². The van der Waals surface area contributed by atoms with Gasteiger partial charge in [0, 0.05) is 17.8 Å². The summed E-state index contributed by atoms with van der Waals surface area (Å²) < 4.78 is 1.87. The molecule has 0 bridgehead atoms. The van der Waals surface area contributed by atoms with E-state index in [9.17, 15) is 4.79 Å². The molecule has 0 saturated heterocycles. The van der Waals surface area contributed by atoms with E-state index >= 15 is 0 Å². The summed E-state index contributed by atoms with van der Waals surface area (Å²) in [7, 11) is 0. The molecule has 0 atom stereocenters. The number of hydrogen-bond donors (Lipinski definition) is 2. The van der Waals surface area contributed by atoms with E-state index in [1.54, 1.807) is 0 Å². The number of nitrogens with two attached hydrogens (primary N) is 1. The summed E-state index contributed by atoms with van der Waals surface area (Å²) in [5.74, 6) is -0.0491. The van der Waals surface area contributed by atoms with E-state index in [1.807, 2.05) is 48.9 Å².